The van der Waals surface area contributed by atoms with Gasteiger partial charge in [-0.2, -0.15) is 0 Å². The lowest BCUT2D eigenvalue weighted by molar-refractivity contribution is 0.101. The van der Waals surface area contributed by atoms with Crippen molar-refractivity contribution in [2.75, 3.05) is 0 Å². The Morgan fingerprint density at radius 1 is 1.33 bits per heavy atom. The van der Waals surface area contributed by atoms with E-state index in [1.54, 1.807) is 13.8 Å². The predicted molar refractivity (Wildman–Crippen MR) is 63.4 cm³/mol. The molecular weight excluding hydrogens is 208 g/mol. The molecule has 15 heavy (non-hydrogen) atoms. The number of carbonyl (C=O) groups excluding carboxylic acids is 1. The molecule has 1 aromatic carbocycles. The molecule has 0 fully saturated rings. The molecule has 0 aliphatic heterocycles. The van der Waals surface area contributed by atoms with Crippen LogP contribution < -0.4 is 0 Å². The minimum atomic E-state index is -0.380. The maximum Gasteiger partial charge on any atom is 0.160 e. The molecule has 2 nitrogen and oxygen atoms in total. The van der Waals surface area contributed by atoms with E-state index in [4.69, 9.17) is 0 Å². The summed E-state index contributed by atoms with van der Waals surface area (Å²) in [6.07, 6.45) is -0.380. The van der Waals surface area contributed by atoms with Gasteiger partial charge in [0.25, 0.3) is 0 Å². The van der Waals surface area contributed by atoms with Crippen LogP contribution in [0.5, 0.6) is 0 Å². The van der Waals surface area contributed by atoms with Crippen LogP contribution in [-0.2, 0) is 0 Å². The van der Waals surface area contributed by atoms with E-state index >= 15 is 0 Å². The Hall–Kier alpha value is -0.800. The van der Waals surface area contributed by atoms with Gasteiger partial charge < -0.3 is 5.11 Å². The zero-order valence-corrected chi connectivity index (χ0v) is 10.0. The molecule has 0 radical (unpaired) electrons. The molecule has 0 aliphatic carbocycles. The third-order valence-electron chi connectivity index (χ3n) is 2.26. The first kappa shape index (κ1) is 12.3. The Bertz CT molecular complexity index is 347. The fourth-order valence-electron chi connectivity index (χ4n) is 1.16. The summed E-state index contributed by atoms with van der Waals surface area (Å²) in [5.74, 6) is 0.0656. The lowest BCUT2D eigenvalue weighted by Crippen LogP contribution is -2.15. The maximum atomic E-state index is 11.3. The fraction of sp³-hybridized carbons (Fsp3) is 0.417. The van der Waals surface area contributed by atoms with E-state index < -0.39 is 0 Å². The van der Waals surface area contributed by atoms with Gasteiger partial charge in [0.2, 0.25) is 0 Å². The molecule has 0 bridgehead atoms. The van der Waals surface area contributed by atoms with Crippen LogP contribution in [0.2, 0.25) is 0 Å². The summed E-state index contributed by atoms with van der Waals surface area (Å²) < 4.78 is 0. The van der Waals surface area contributed by atoms with Gasteiger partial charge in [0.1, 0.15) is 0 Å². The lowest BCUT2D eigenvalue weighted by Gasteiger charge is -2.15. The summed E-state index contributed by atoms with van der Waals surface area (Å²) >= 11 is 1.54. The predicted octanol–water partition coefficient (Wildman–Crippen LogP) is 2.75. The van der Waals surface area contributed by atoms with Crippen molar-refractivity contribution < 1.29 is 9.90 Å². The smallest absolute Gasteiger partial charge is 0.160 e. The van der Waals surface area contributed by atoms with E-state index in [2.05, 4.69) is 0 Å². The molecule has 2 atom stereocenters. The van der Waals surface area contributed by atoms with Gasteiger partial charge in [-0.25, -0.2) is 0 Å². The number of hydrogen-bond donors (Lipinski definition) is 1. The molecular formula is C12H16O2S. The van der Waals surface area contributed by atoms with Crippen LogP contribution in [0.4, 0.5) is 0 Å². The molecule has 0 saturated heterocycles. The monoisotopic (exact) mass is 224 g/mol. The number of ketones is 1. The summed E-state index contributed by atoms with van der Waals surface area (Å²) in [7, 11) is 0. The third kappa shape index (κ3) is 3.36. The number of benzene rings is 1. The van der Waals surface area contributed by atoms with Crippen LogP contribution in [0.25, 0.3) is 0 Å². The van der Waals surface area contributed by atoms with E-state index in [9.17, 15) is 9.90 Å². The Kier molecular flexibility index (Phi) is 4.36. The van der Waals surface area contributed by atoms with Crippen LogP contribution in [0.3, 0.4) is 0 Å². The second-order valence-corrected chi connectivity index (χ2v) is 5.04. The van der Waals surface area contributed by atoms with E-state index in [0.29, 0.717) is 0 Å². The number of hydrogen-bond acceptors (Lipinski definition) is 3. The molecule has 0 aromatic heterocycles. The second-order valence-electron chi connectivity index (χ2n) is 3.62. The topological polar surface area (TPSA) is 37.3 Å². The van der Waals surface area contributed by atoms with Crippen molar-refractivity contribution in [1.29, 1.82) is 0 Å². The van der Waals surface area contributed by atoms with Crippen LogP contribution in [-0.4, -0.2) is 22.2 Å². The molecule has 0 spiro atoms. The number of Topliss-reactive ketones (excluding diaryl/α,β-unsaturated/α-hetero) is 1. The van der Waals surface area contributed by atoms with Crippen molar-refractivity contribution in [1.82, 2.24) is 0 Å². The van der Waals surface area contributed by atoms with Gasteiger partial charge in [-0.05, 0) is 19.9 Å². The summed E-state index contributed by atoms with van der Waals surface area (Å²) in [6, 6.07) is 7.50. The van der Waals surface area contributed by atoms with Crippen molar-refractivity contribution in [3.05, 3.63) is 29.8 Å². The maximum absolute atomic E-state index is 11.3. The largest absolute Gasteiger partial charge is 0.392 e. The normalized spacial score (nSPS) is 14.7. The van der Waals surface area contributed by atoms with Crippen molar-refractivity contribution in [3.8, 4) is 0 Å². The van der Waals surface area contributed by atoms with Crippen LogP contribution >= 0.6 is 11.8 Å². The van der Waals surface area contributed by atoms with Gasteiger partial charge in [0.05, 0.1) is 6.10 Å². The van der Waals surface area contributed by atoms with Crippen LogP contribution in [0.1, 0.15) is 31.1 Å². The van der Waals surface area contributed by atoms with Gasteiger partial charge >= 0.3 is 0 Å². The first-order valence-electron chi connectivity index (χ1n) is 4.97. The molecule has 0 amide bonds. The Balaban J connectivity index is 2.89. The Morgan fingerprint density at radius 2 is 1.93 bits per heavy atom. The van der Waals surface area contributed by atoms with Crippen LogP contribution in [0.15, 0.2) is 29.2 Å². The highest BCUT2D eigenvalue weighted by molar-refractivity contribution is 8.00. The SMILES string of the molecule is CC(=O)c1ccccc1SC(C)C(C)O. The minimum absolute atomic E-state index is 0.0656. The number of rotatable bonds is 4. The first-order chi connectivity index (χ1) is 7.02. The number of aliphatic hydroxyl groups excluding tert-OH is 1. The summed E-state index contributed by atoms with van der Waals surface area (Å²) in [6.45, 7) is 5.27. The molecule has 1 N–H and O–H groups in total. The van der Waals surface area contributed by atoms with E-state index in [0.717, 1.165) is 10.5 Å². The van der Waals surface area contributed by atoms with Gasteiger partial charge in [0.15, 0.2) is 5.78 Å². The number of carbonyl (C=O) groups is 1. The van der Waals surface area contributed by atoms with Gasteiger partial charge in [-0.15, -0.1) is 11.8 Å². The standard InChI is InChI=1S/C12H16O2S/c1-8(13)10(3)15-12-7-5-4-6-11(12)9(2)14/h4-8,10,13H,1-3H3. The average molecular weight is 224 g/mol. The molecule has 0 aliphatic rings. The van der Waals surface area contributed by atoms with Crippen molar-refractivity contribution in [3.63, 3.8) is 0 Å². The molecule has 1 aromatic rings. The third-order valence-corrected chi connectivity index (χ3v) is 3.63. The quantitative estimate of drug-likeness (QED) is 0.631. The minimum Gasteiger partial charge on any atom is -0.392 e. The highest BCUT2D eigenvalue weighted by Crippen LogP contribution is 2.28. The molecule has 2 unspecified atom stereocenters. The zero-order chi connectivity index (χ0) is 11.4. The Labute approximate surface area is 94.7 Å². The fourth-order valence-corrected chi connectivity index (χ4v) is 2.25. The molecule has 3 heteroatoms. The highest BCUT2D eigenvalue weighted by atomic mass is 32.2. The molecule has 1 rings (SSSR count). The summed E-state index contributed by atoms with van der Waals surface area (Å²) in [5.41, 5.74) is 0.731. The molecule has 0 saturated carbocycles. The van der Waals surface area contributed by atoms with E-state index in [-0.39, 0.29) is 17.1 Å². The number of thioether (sulfide) groups is 1. The first-order valence-corrected chi connectivity index (χ1v) is 5.85. The van der Waals surface area contributed by atoms with Gasteiger partial charge in [0, 0.05) is 15.7 Å². The molecule has 82 valence electrons. The van der Waals surface area contributed by atoms with Crippen molar-refractivity contribution in [2.45, 2.75) is 37.0 Å². The lowest BCUT2D eigenvalue weighted by atomic mass is 10.1. The zero-order valence-electron chi connectivity index (χ0n) is 9.23. The summed E-state index contributed by atoms with van der Waals surface area (Å²) in [4.78, 5) is 12.3. The number of aliphatic hydroxyl groups is 1. The van der Waals surface area contributed by atoms with Crippen molar-refractivity contribution in [2.24, 2.45) is 0 Å². The van der Waals surface area contributed by atoms with Gasteiger partial charge in [-0.3, -0.25) is 4.79 Å². The van der Waals surface area contributed by atoms with Crippen molar-refractivity contribution >= 4 is 17.5 Å². The van der Waals surface area contributed by atoms with Gasteiger partial charge in [-0.1, -0.05) is 25.1 Å². The molecule has 0 heterocycles. The van der Waals surface area contributed by atoms with E-state index in [1.807, 2.05) is 31.2 Å². The highest BCUT2D eigenvalue weighted by Gasteiger charge is 2.14. The second kappa shape index (κ2) is 5.33. The average Bonchev–Trinajstić information content (AvgIpc) is 2.18. The van der Waals surface area contributed by atoms with E-state index in [1.165, 1.54) is 11.8 Å². The van der Waals surface area contributed by atoms with Crippen LogP contribution in [0, 0.1) is 0 Å². The summed E-state index contributed by atoms with van der Waals surface area (Å²) in [5, 5.41) is 9.49. The Morgan fingerprint density at radius 3 is 2.47 bits per heavy atom.